The Labute approximate surface area is 73.2 Å². The highest BCUT2D eigenvalue weighted by atomic mass is 19.1. The summed E-state index contributed by atoms with van der Waals surface area (Å²) in [4.78, 5) is 10.5. The van der Waals surface area contributed by atoms with Crippen LogP contribution in [0.2, 0.25) is 0 Å². The number of aromatic carboxylic acids is 1. The summed E-state index contributed by atoms with van der Waals surface area (Å²) in [6, 6.07) is 2.21. The number of rotatable bonds is 2. The molecule has 5 heteroatoms. The first kappa shape index (κ1) is 9.31. The van der Waals surface area contributed by atoms with Crippen molar-refractivity contribution in [1.82, 2.24) is 0 Å². The molecule has 13 heavy (non-hydrogen) atoms. The Balaban J connectivity index is 3.38. The Morgan fingerprint density at radius 1 is 1.54 bits per heavy atom. The first-order chi connectivity index (χ1) is 6.07. The second-order valence-electron chi connectivity index (χ2n) is 2.28. The molecular weight excluding hydrogens is 179 g/mol. The van der Waals surface area contributed by atoms with Crippen LogP contribution in [0.1, 0.15) is 10.4 Å². The highest BCUT2D eigenvalue weighted by Gasteiger charge is 2.19. The van der Waals surface area contributed by atoms with Crippen molar-refractivity contribution >= 4 is 5.97 Å². The fourth-order valence-electron chi connectivity index (χ4n) is 0.908. The third-order valence-electron chi connectivity index (χ3n) is 1.52. The van der Waals surface area contributed by atoms with E-state index in [1.54, 1.807) is 0 Å². The standard InChI is InChI=1S/C8H7FO4/c1-13-5-3-2-4(10)6(7(5)9)8(11)12/h2-3,10H,1H3,(H,11,12). The highest BCUT2D eigenvalue weighted by Crippen LogP contribution is 2.27. The van der Waals surface area contributed by atoms with Gasteiger partial charge in [0.05, 0.1) is 7.11 Å². The van der Waals surface area contributed by atoms with E-state index in [4.69, 9.17) is 10.2 Å². The van der Waals surface area contributed by atoms with Crippen LogP contribution in [0.4, 0.5) is 4.39 Å². The van der Waals surface area contributed by atoms with Crippen LogP contribution in [-0.4, -0.2) is 23.3 Å². The summed E-state index contributed by atoms with van der Waals surface area (Å²) < 4.78 is 17.7. The first-order valence-electron chi connectivity index (χ1n) is 3.36. The number of hydrogen-bond donors (Lipinski definition) is 2. The molecule has 1 aromatic rings. The molecule has 1 aromatic carbocycles. The quantitative estimate of drug-likeness (QED) is 0.729. The van der Waals surface area contributed by atoms with Crippen LogP contribution in [-0.2, 0) is 0 Å². The monoisotopic (exact) mass is 186 g/mol. The normalized spacial score (nSPS) is 9.69. The number of ether oxygens (including phenoxy) is 1. The fraction of sp³-hybridized carbons (Fsp3) is 0.125. The van der Waals surface area contributed by atoms with Crippen molar-refractivity contribution in [2.75, 3.05) is 7.11 Å². The molecule has 2 N–H and O–H groups in total. The molecular formula is C8H7FO4. The molecule has 0 saturated carbocycles. The molecule has 0 fully saturated rings. The summed E-state index contributed by atoms with van der Waals surface area (Å²) in [6.07, 6.45) is 0. The summed E-state index contributed by atoms with van der Waals surface area (Å²) in [6.45, 7) is 0. The first-order valence-corrected chi connectivity index (χ1v) is 3.36. The van der Waals surface area contributed by atoms with E-state index in [-0.39, 0.29) is 5.75 Å². The second-order valence-corrected chi connectivity index (χ2v) is 2.28. The Morgan fingerprint density at radius 2 is 2.15 bits per heavy atom. The molecule has 0 saturated heterocycles. The third kappa shape index (κ3) is 1.53. The molecule has 0 atom stereocenters. The Morgan fingerprint density at radius 3 is 2.62 bits per heavy atom. The Hall–Kier alpha value is -1.78. The van der Waals surface area contributed by atoms with Crippen molar-refractivity contribution in [2.24, 2.45) is 0 Å². The predicted molar refractivity (Wildman–Crippen MR) is 41.6 cm³/mol. The van der Waals surface area contributed by atoms with Gasteiger partial charge in [0.15, 0.2) is 11.6 Å². The summed E-state index contributed by atoms with van der Waals surface area (Å²) in [5.74, 6) is -3.44. The lowest BCUT2D eigenvalue weighted by atomic mass is 10.2. The molecule has 0 unspecified atom stereocenters. The molecule has 0 aromatic heterocycles. The van der Waals surface area contributed by atoms with Crippen LogP contribution in [0.15, 0.2) is 12.1 Å². The van der Waals surface area contributed by atoms with Crippen molar-refractivity contribution in [2.45, 2.75) is 0 Å². The minimum atomic E-state index is -1.53. The van der Waals surface area contributed by atoms with Gasteiger partial charge in [-0.3, -0.25) is 0 Å². The average Bonchev–Trinajstić information content (AvgIpc) is 2.04. The number of phenols is 1. The van der Waals surface area contributed by atoms with Crippen LogP contribution in [0.25, 0.3) is 0 Å². The van der Waals surface area contributed by atoms with Crippen molar-refractivity contribution in [3.05, 3.63) is 23.5 Å². The highest BCUT2D eigenvalue weighted by molar-refractivity contribution is 5.91. The summed E-state index contributed by atoms with van der Waals surface area (Å²) >= 11 is 0. The number of carboxylic acids is 1. The van der Waals surface area contributed by atoms with Gasteiger partial charge in [0.2, 0.25) is 0 Å². The number of methoxy groups -OCH3 is 1. The molecule has 4 nitrogen and oxygen atoms in total. The largest absolute Gasteiger partial charge is 0.507 e. The van der Waals surface area contributed by atoms with Crippen LogP contribution in [0.5, 0.6) is 11.5 Å². The second kappa shape index (κ2) is 3.30. The van der Waals surface area contributed by atoms with E-state index in [0.29, 0.717) is 0 Å². The maximum atomic E-state index is 13.1. The Bertz CT molecular complexity index is 348. The minimum Gasteiger partial charge on any atom is -0.507 e. The molecule has 0 spiro atoms. The average molecular weight is 186 g/mol. The molecule has 0 heterocycles. The maximum absolute atomic E-state index is 13.1. The van der Waals surface area contributed by atoms with Gasteiger partial charge in [0.1, 0.15) is 11.3 Å². The molecule has 0 aliphatic carbocycles. The molecule has 0 radical (unpaired) electrons. The number of hydrogen-bond acceptors (Lipinski definition) is 3. The van der Waals surface area contributed by atoms with Crippen LogP contribution in [0, 0.1) is 5.82 Å². The van der Waals surface area contributed by atoms with Gasteiger partial charge in [-0.2, -0.15) is 0 Å². The molecule has 0 aliphatic heterocycles. The van der Waals surface area contributed by atoms with Gasteiger partial charge in [-0.25, -0.2) is 9.18 Å². The minimum absolute atomic E-state index is 0.213. The SMILES string of the molecule is COc1ccc(O)c(C(=O)O)c1F. The zero-order chi connectivity index (χ0) is 10.0. The number of benzene rings is 1. The predicted octanol–water partition coefficient (Wildman–Crippen LogP) is 1.24. The van der Waals surface area contributed by atoms with E-state index in [0.717, 1.165) is 12.1 Å². The van der Waals surface area contributed by atoms with Gasteiger partial charge in [0, 0.05) is 0 Å². The van der Waals surface area contributed by atoms with Crippen LogP contribution >= 0.6 is 0 Å². The third-order valence-corrected chi connectivity index (χ3v) is 1.52. The lowest BCUT2D eigenvalue weighted by Gasteiger charge is -2.05. The van der Waals surface area contributed by atoms with Gasteiger partial charge in [0.25, 0.3) is 0 Å². The van der Waals surface area contributed by atoms with Crippen molar-refractivity contribution in [3.8, 4) is 11.5 Å². The lowest BCUT2D eigenvalue weighted by molar-refractivity contribution is 0.0687. The number of carbonyl (C=O) groups is 1. The fourth-order valence-corrected chi connectivity index (χ4v) is 0.908. The molecule has 1 rings (SSSR count). The van der Waals surface area contributed by atoms with E-state index in [2.05, 4.69) is 4.74 Å². The number of carboxylic acid groups (broad SMARTS) is 1. The van der Waals surface area contributed by atoms with Crippen molar-refractivity contribution in [3.63, 3.8) is 0 Å². The van der Waals surface area contributed by atoms with E-state index in [1.807, 2.05) is 0 Å². The van der Waals surface area contributed by atoms with Crippen molar-refractivity contribution < 1.29 is 24.1 Å². The zero-order valence-corrected chi connectivity index (χ0v) is 6.74. The molecule has 0 bridgehead atoms. The van der Waals surface area contributed by atoms with Gasteiger partial charge in [-0.05, 0) is 12.1 Å². The number of halogens is 1. The van der Waals surface area contributed by atoms with Crippen LogP contribution in [0.3, 0.4) is 0 Å². The van der Waals surface area contributed by atoms with E-state index in [9.17, 15) is 9.18 Å². The summed E-state index contributed by atoms with van der Waals surface area (Å²) in [7, 11) is 1.21. The van der Waals surface area contributed by atoms with Gasteiger partial charge >= 0.3 is 5.97 Å². The molecule has 0 amide bonds. The van der Waals surface area contributed by atoms with Gasteiger partial charge in [-0.1, -0.05) is 0 Å². The zero-order valence-electron chi connectivity index (χ0n) is 6.74. The van der Waals surface area contributed by atoms with Crippen molar-refractivity contribution in [1.29, 1.82) is 0 Å². The summed E-state index contributed by atoms with van der Waals surface area (Å²) in [5.41, 5.74) is -0.778. The molecule has 0 aliphatic rings. The van der Waals surface area contributed by atoms with Crippen LogP contribution < -0.4 is 4.74 Å². The van der Waals surface area contributed by atoms with Gasteiger partial charge < -0.3 is 14.9 Å². The Kier molecular flexibility index (Phi) is 2.36. The number of aromatic hydroxyl groups is 1. The van der Waals surface area contributed by atoms with E-state index < -0.39 is 23.1 Å². The van der Waals surface area contributed by atoms with E-state index >= 15 is 0 Å². The maximum Gasteiger partial charge on any atom is 0.342 e. The topological polar surface area (TPSA) is 66.8 Å². The summed E-state index contributed by atoms with van der Waals surface area (Å²) in [5, 5.41) is 17.5. The lowest BCUT2D eigenvalue weighted by Crippen LogP contribution is -2.02. The van der Waals surface area contributed by atoms with Gasteiger partial charge in [-0.15, -0.1) is 0 Å². The van der Waals surface area contributed by atoms with E-state index in [1.165, 1.54) is 7.11 Å². The molecule has 70 valence electrons. The smallest absolute Gasteiger partial charge is 0.342 e.